The van der Waals surface area contributed by atoms with Crippen molar-refractivity contribution in [1.29, 1.82) is 0 Å². The van der Waals surface area contributed by atoms with Crippen molar-refractivity contribution in [2.45, 2.75) is 0 Å². The van der Waals surface area contributed by atoms with Crippen LogP contribution in [0.5, 0.6) is 0 Å². The van der Waals surface area contributed by atoms with Crippen LogP contribution in [0.4, 0.5) is 0 Å². The van der Waals surface area contributed by atoms with Gasteiger partial charge in [-0.15, -0.1) is 0 Å². The maximum atomic E-state index is 12.5. The maximum Gasteiger partial charge on any atom is 0.150 e. The van der Waals surface area contributed by atoms with Gasteiger partial charge in [-0.1, -0.05) is 133 Å². The van der Waals surface area contributed by atoms with Gasteiger partial charge in [0.25, 0.3) is 0 Å². The molecule has 0 aliphatic heterocycles. The van der Waals surface area contributed by atoms with E-state index in [-0.39, 0.29) is 0 Å². The zero-order chi connectivity index (χ0) is 25.5. The highest BCUT2D eigenvalue weighted by Gasteiger charge is 2.22. The highest BCUT2D eigenvalue weighted by molar-refractivity contribution is 6.22. The van der Waals surface area contributed by atoms with E-state index in [0.717, 1.165) is 72.2 Å². The van der Waals surface area contributed by atoms with Crippen LogP contribution >= 0.6 is 0 Å². The summed E-state index contributed by atoms with van der Waals surface area (Å²) in [4.78, 5) is 17.9. The average molecular weight is 486 g/mol. The Morgan fingerprint density at radius 1 is 0.447 bits per heavy atom. The number of nitrogens with zero attached hydrogens (tertiary/aromatic N) is 1. The van der Waals surface area contributed by atoms with Crippen molar-refractivity contribution in [2.75, 3.05) is 0 Å². The summed E-state index contributed by atoms with van der Waals surface area (Å²) < 4.78 is 0. The maximum absolute atomic E-state index is 12.5. The van der Waals surface area contributed by atoms with Gasteiger partial charge >= 0.3 is 0 Å². The van der Waals surface area contributed by atoms with Crippen molar-refractivity contribution in [3.8, 4) is 33.6 Å². The average Bonchev–Trinajstić information content (AvgIpc) is 3.00. The van der Waals surface area contributed by atoms with E-state index in [1.54, 1.807) is 0 Å². The van der Waals surface area contributed by atoms with Gasteiger partial charge < -0.3 is 0 Å². The van der Waals surface area contributed by atoms with Crippen molar-refractivity contribution >= 4 is 38.6 Å². The van der Waals surface area contributed by atoms with Gasteiger partial charge in [-0.3, -0.25) is 4.79 Å². The number of pyridine rings is 1. The van der Waals surface area contributed by atoms with Crippen molar-refractivity contribution in [2.24, 2.45) is 0 Å². The monoisotopic (exact) mass is 485 g/mol. The third kappa shape index (κ3) is 3.50. The Balaban J connectivity index is 1.75. The molecule has 0 radical (unpaired) electrons. The molecular weight excluding hydrogens is 462 g/mol. The van der Waals surface area contributed by atoms with Crippen LogP contribution in [0, 0.1) is 0 Å². The Kier molecular flexibility index (Phi) is 5.30. The van der Waals surface area contributed by atoms with Crippen LogP contribution in [-0.2, 0) is 0 Å². The van der Waals surface area contributed by atoms with Crippen LogP contribution in [0.1, 0.15) is 10.4 Å². The first-order chi connectivity index (χ1) is 18.8. The summed E-state index contributed by atoms with van der Waals surface area (Å²) in [5.74, 6) is 0. The Hall–Kier alpha value is -5.08. The zero-order valence-electron chi connectivity index (χ0n) is 20.6. The van der Waals surface area contributed by atoms with E-state index in [1.807, 2.05) is 48.5 Å². The molecule has 0 aliphatic carbocycles. The molecule has 2 heteroatoms. The number of aromatic nitrogens is 1. The van der Waals surface area contributed by atoms with Gasteiger partial charge in [0.1, 0.15) is 0 Å². The number of hydrogen-bond acceptors (Lipinski definition) is 2. The lowest BCUT2D eigenvalue weighted by molar-refractivity contribution is 0.112. The van der Waals surface area contributed by atoms with E-state index in [9.17, 15) is 4.79 Å². The summed E-state index contributed by atoms with van der Waals surface area (Å²) in [6.07, 6.45) is 0.952. The summed E-state index contributed by atoms with van der Waals surface area (Å²) in [6, 6.07) is 45.8. The van der Waals surface area contributed by atoms with Crippen LogP contribution in [-0.4, -0.2) is 11.3 Å². The number of fused-ring (bicyclic) bond motifs is 4. The molecule has 0 atom stereocenters. The summed E-state index contributed by atoms with van der Waals surface area (Å²) in [6.45, 7) is 0. The Morgan fingerprint density at radius 3 is 1.74 bits per heavy atom. The van der Waals surface area contributed by atoms with Gasteiger partial charge in [0.05, 0.1) is 11.4 Å². The normalized spacial score (nSPS) is 11.3. The quantitative estimate of drug-likeness (QED) is 0.184. The topological polar surface area (TPSA) is 30.0 Å². The van der Waals surface area contributed by atoms with Crippen LogP contribution in [0.25, 0.3) is 66.0 Å². The molecule has 178 valence electrons. The van der Waals surface area contributed by atoms with Gasteiger partial charge in [0.2, 0.25) is 0 Å². The SMILES string of the molecule is O=Cc1ccc2ccccc2c1-c1nc(-c2ccccc2)c(-c2ccccc2)c2ccc3ccccc3c12. The number of benzene rings is 6. The smallest absolute Gasteiger partial charge is 0.150 e. The Bertz CT molecular complexity index is 1980. The highest BCUT2D eigenvalue weighted by Crippen LogP contribution is 2.45. The molecule has 0 amide bonds. The van der Waals surface area contributed by atoms with E-state index in [1.165, 1.54) is 0 Å². The molecule has 0 saturated carbocycles. The molecule has 0 aliphatic rings. The summed E-state index contributed by atoms with van der Waals surface area (Å²) in [7, 11) is 0. The van der Waals surface area contributed by atoms with Gasteiger partial charge in [0, 0.05) is 27.6 Å². The fraction of sp³-hybridized carbons (Fsp3) is 0. The zero-order valence-corrected chi connectivity index (χ0v) is 20.6. The third-order valence-electron chi connectivity index (χ3n) is 7.33. The van der Waals surface area contributed by atoms with E-state index in [4.69, 9.17) is 4.98 Å². The van der Waals surface area contributed by atoms with Crippen LogP contribution < -0.4 is 0 Å². The fourth-order valence-corrected chi connectivity index (χ4v) is 5.62. The number of carbonyl (C=O) groups excluding carboxylic acids is 1. The molecule has 1 heterocycles. The van der Waals surface area contributed by atoms with Gasteiger partial charge in [-0.25, -0.2) is 4.98 Å². The summed E-state index contributed by atoms with van der Waals surface area (Å²) in [5.41, 5.74) is 6.48. The molecule has 0 N–H and O–H groups in total. The molecule has 2 nitrogen and oxygen atoms in total. The molecule has 7 rings (SSSR count). The predicted octanol–water partition coefficient (Wildman–Crippen LogP) is 9.35. The number of hydrogen-bond donors (Lipinski definition) is 0. The number of carbonyl (C=O) groups is 1. The Morgan fingerprint density at radius 2 is 1.03 bits per heavy atom. The molecule has 0 fully saturated rings. The molecule has 0 saturated heterocycles. The molecule has 0 unspecified atom stereocenters. The predicted molar refractivity (Wildman–Crippen MR) is 158 cm³/mol. The molecule has 7 aromatic rings. The first kappa shape index (κ1) is 22.1. The van der Waals surface area contributed by atoms with Crippen molar-refractivity contribution in [3.05, 3.63) is 139 Å². The summed E-state index contributed by atoms with van der Waals surface area (Å²) >= 11 is 0. The second kappa shape index (κ2) is 9.10. The van der Waals surface area contributed by atoms with Crippen LogP contribution in [0.2, 0.25) is 0 Å². The lowest BCUT2D eigenvalue weighted by Gasteiger charge is -2.20. The minimum Gasteiger partial charge on any atom is -0.298 e. The molecule has 38 heavy (non-hydrogen) atoms. The van der Waals surface area contributed by atoms with Crippen molar-refractivity contribution in [3.63, 3.8) is 0 Å². The van der Waals surface area contributed by atoms with Crippen molar-refractivity contribution < 1.29 is 4.79 Å². The first-order valence-electron chi connectivity index (χ1n) is 12.8. The van der Waals surface area contributed by atoms with E-state index in [0.29, 0.717) is 5.56 Å². The second-order valence-corrected chi connectivity index (χ2v) is 9.49. The molecular formula is C36H23NO. The van der Waals surface area contributed by atoms with Gasteiger partial charge in [-0.2, -0.15) is 0 Å². The van der Waals surface area contributed by atoms with E-state index in [2.05, 4.69) is 84.9 Å². The van der Waals surface area contributed by atoms with Crippen LogP contribution in [0.15, 0.2) is 133 Å². The van der Waals surface area contributed by atoms with E-state index < -0.39 is 0 Å². The standard InChI is InChI=1S/C36H23NO/c38-23-28-20-19-24-11-7-9-17-29(24)33(28)36-34-30-18-10-8-12-25(30)21-22-31(34)32(26-13-3-1-4-14-26)35(37-36)27-15-5-2-6-16-27/h1-23H. The highest BCUT2D eigenvalue weighted by atomic mass is 16.1. The first-order valence-corrected chi connectivity index (χ1v) is 12.8. The number of rotatable bonds is 4. The fourth-order valence-electron chi connectivity index (χ4n) is 5.62. The van der Waals surface area contributed by atoms with Crippen LogP contribution in [0.3, 0.4) is 0 Å². The minimum atomic E-state index is 0.636. The molecule has 0 bridgehead atoms. The van der Waals surface area contributed by atoms with Crippen molar-refractivity contribution in [1.82, 2.24) is 4.98 Å². The second-order valence-electron chi connectivity index (χ2n) is 9.49. The molecule has 6 aromatic carbocycles. The Labute approximate surface area is 220 Å². The summed E-state index contributed by atoms with van der Waals surface area (Å²) in [5, 5.41) is 6.53. The lowest BCUT2D eigenvalue weighted by Crippen LogP contribution is -1.99. The lowest BCUT2D eigenvalue weighted by atomic mass is 9.87. The van der Waals surface area contributed by atoms with Gasteiger partial charge in [-0.05, 0) is 32.5 Å². The largest absolute Gasteiger partial charge is 0.298 e. The molecule has 0 spiro atoms. The number of aldehydes is 1. The van der Waals surface area contributed by atoms with Gasteiger partial charge in [0.15, 0.2) is 6.29 Å². The molecule has 1 aromatic heterocycles. The van der Waals surface area contributed by atoms with E-state index >= 15 is 0 Å². The minimum absolute atomic E-state index is 0.636. The third-order valence-corrected chi connectivity index (χ3v) is 7.33.